The summed E-state index contributed by atoms with van der Waals surface area (Å²) in [7, 11) is -1.06. The molecule has 8 nitrogen and oxygen atoms in total. The Morgan fingerprint density at radius 1 is 1.09 bits per heavy atom. The number of carbonyl (C=O) groups is 1. The number of methoxy groups -OCH3 is 1. The molecule has 1 heterocycles. The lowest BCUT2D eigenvalue weighted by Gasteiger charge is -2.28. The number of nitrogens with zero attached hydrogens (tertiary/aromatic N) is 2. The summed E-state index contributed by atoms with van der Waals surface area (Å²) < 4.78 is 48.9. The number of nitrogens with one attached hydrogen (secondary N) is 2. The summed E-state index contributed by atoms with van der Waals surface area (Å²) in [6, 6.07) is 11.1. The van der Waals surface area contributed by atoms with E-state index in [1.54, 1.807) is 7.05 Å². The third-order valence-corrected chi connectivity index (χ3v) is 7.00. The summed E-state index contributed by atoms with van der Waals surface area (Å²) in [6.45, 7) is 7.83. The summed E-state index contributed by atoms with van der Waals surface area (Å²) in [6.07, 6.45) is 0. The van der Waals surface area contributed by atoms with Gasteiger partial charge in [-0.05, 0) is 60.9 Å². The Labute approximate surface area is 199 Å². The Bertz CT molecular complexity index is 1280. The lowest BCUT2D eigenvalue weighted by molar-refractivity contribution is 0.0901. The van der Waals surface area contributed by atoms with Gasteiger partial charge >= 0.3 is 0 Å². The molecule has 0 bridgehead atoms. The van der Waals surface area contributed by atoms with Gasteiger partial charge in [0.05, 0.1) is 12.0 Å². The first kappa shape index (κ1) is 25.2. The van der Waals surface area contributed by atoms with Gasteiger partial charge in [0, 0.05) is 18.7 Å². The zero-order chi connectivity index (χ0) is 25.3. The van der Waals surface area contributed by atoms with Crippen LogP contribution >= 0.6 is 0 Å². The minimum absolute atomic E-state index is 0.00327. The van der Waals surface area contributed by atoms with Gasteiger partial charge in [-0.15, -0.1) is 0 Å². The Morgan fingerprint density at radius 2 is 1.68 bits per heavy atom. The van der Waals surface area contributed by atoms with E-state index in [1.807, 2.05) is 27.7 Å². The molecule has 0 spiro atoms. The van der Waals surface area contributed by atoms with Crippen molar-refractivity contribution in [1.82, 2.24) is 15.1 Å². The zero-order valence-electron chi connectivity index (χ0n) is 20.0. The molecule has 1 amide bonds. The Kier molecular flexibility index (Phi) is 7.02. The molecule has 0 aliphatic heterocycles. The largest absolute Gasteiger partial charge is 0.497 e. The van der Waals surface area contributed by atoms with Crippen LogP contribution in [0.25, 0.3) is 11.3 Å². The van der Waals surface area contributed by atoms with Gasteiger partial charge in [-0.2, -0.15) is 5.10 Å². The quantitative estimate of drug-likeness (QED) is 0.519. The van der Waals surface area contributed by atoms with E-state index in [0.717, 1.165) is 0 Å². The number of aryl methyl sites for hydroxylation is 1. The highest BCUT2D eigenvalue weighted by molar-refractivity contribution is 7.92. The van der Waals surface area contributed by atoms with Crippen LogP contribution in [0.15, 0.2) is 53.4 Å². The molecule has 0 aliphatic rings. The number of aromatic nitrogens is 2. The molecule has 10 heteroatoms. The smallest absolute Gasteiger partial charge is 0.271 e. The second-order valence-electron chi connectivity index (χ2n) is 9.04. The van der Waals surface area contributed by atoms with Gasteiger partial charge in [-0.3, -0.25) is 14.2 Å². The van der Waals surface area contributed by atoms with Gasteiger partial charge in [0.2, 0.25) is 0 Å². The van der Waals surface area contributed by atoms with E-state index < -0.39 is 21.7 Å². The van der Waals surface area contributed by atoms with Crippen molar-refractivity contribution in [2.24, 2.45) is 12.5 Å². The van der Waals surface area contributed by atoms with Crippen LogP contribution in [-0.2, 0) is 17.1 Å². The molecule has 34 heavy (non-hydrogen) atoms. The van der Waals surface area contributed by atoms with Crippen molar-refractivity contribution in [3.63, 3.8) is 0 Å². The molecule has 0 aliphatic carbocycles. The maximum Gasteiger partial charge on any atom is 0.271 e. The fourth-order valence-corrected chi connectivity index (χ4v) is 4.19. The summed E-state index contributed by atoms with van der Waals surface area (Å²) in [4.78, 5) is 13.2. The van der Waals surface area contributed by atoms with Gasteiger partial charge < -0.3 is 10.1 Å². The van der Waals surface area contributed by atoms with Crippen LogP contribution in [0.5, 0.6) is 5.75 Å². The molecule has 1 unspecified atom stereocenters. The number of benzene rings is 2. The van der Waals surface area contributed by atoms with Gasteiger partial charge in [-0.25, -0.2) is 12.8 Å². The molecular formula is C24H29FN4O4S. The van der Waals surface area contributed by atoms with Crippen LogP contribution in [0, 0.1) is 11.2 Å². The van der Waals surface area contributed by atoms with E-state index in [0.29, 0.717) is 11.3 Å². The molecule has 3 rings (SSSR count). The monoisotopic (exact) mass is 488 g/mol. The van der Waals surface area contributed by atoms with Gasteiger partial charge in [0.15, 0.2) is 5.69 Å². The molecule has 3 aromatic rings. The molecule has 0 saturated carbocycles. The van der Waals surface area contributed by atoms with Crippen molar-refractivity contribution in [3.8, 4) is 17.0 Å². The van der Waals surface area contributed by atoms with Crippen LogP contribution in [0.2, 0.25) is 0 Å². The summed E-state index contributed by atoms with van der Waals surface area (Å²) >= 11 is 0. The number of ether oxygens (including phenoxy) is 1. The maximum atomic E-state index is 13.5. The number of sulfonamides is 1. The first-order valence-electron chi connectivity index (χ1n) is 10.6. The molecule has 0 fully saturated rings. The highest BCUT2D eigenvalue weighted by Crippen LogP contribution is 2.33. The molecule has 2 N–H and O–H groups in total. The van der Waals surface area contributed by atoms with E-state index in [1.165, 1.54) is 60.3 Å². The third-order valence-electron chi connectivity index (χ3n) is 5.63. The van der Waals surface area contributed by atoms with E-state index in [-0.39, 0.29) is 33.4 Å². The second-order valence-corrected chi connectivity index (χ2v) is 10.7. The van der Waals surface area contributed by atoms with Crippen molar-refractivity contribution < 1.29 is 22.3 Å². The number of anilines is 1. The van der Waals surface area contributed by atoms with Crippen LogP contribution in [-0.4, -0.2) is 37.3 Å². The average molecular weight is 489 g/mol. The summed E-state index contributed by atoms with van der Waals surface area (Å²) in [5.41, 5.74) is 0.466. The number of halogens is 1. The van der Waals surface area contributed by atoms with Crippen molar-refractivity contribution in [3.05, 3.63) is 60.0 Å². The van der Waals surface area contributed by atoms with Crippen LogP contribution in [0.3, 0.4) is 0 Å². The van der Waals surface area contributed by atoms with Crippen LogP contribution in [0.4, 0.5) is 10.1 Å². The third kappa shape index (κ3) is 5.39. The van der Waals surface area contributed by atoms with E-state index in [2.05, 4.69) is 15.1 Å². The number of amides is 1. The molecule has 1 atom stereocenters. The lowest BCUT2D eigenvalue weighted by Crippen LogP contribution is -2.42. The predicted molar refractivity (Wildman–Crippen MR) is 129 cm³/mol. The minimum atomic E-state index is -4.09. The normalized spacial score (nSPS) is 12.8. The Balaban J connectivity index is 2.11. The minimum Gasteiger partial charge on any atom is -0.497 e. The lowest BCUT2D eigenvalue weighted by atomic mass is 9.88. The predicted octanol–water partition coefficient (Wildman–Crippen LogP) is 4.20. The van der Waals surface area contributed by atoms with Crippen LogP contribution in [0.1, 0.15) is 38.2 Å². The Morgan fingerprint density at radius 3 is 2.21 bits per heavy atom. The SMILES string of the molecule is COc1ccc(S(=O)(=O)Nc2c(-c3ccc(F)cc3)nn(C)c2C(=O)NC(C)C(C)(C)C)cc1. The second kappa shape index (κ2) is 9.46. The highest BCUT2D eigenvalue weighted by Gasteiger charge is 2.30. The van der Waals surface area contributed by atoms with Gasteiger partial charge in [-0.1, -0.05) is 20.8 Å². The molecule has 0 radical (unpaired) electrons. The molecule has 1 aromatic heterocycles. The summed E-state index contributed by atoms with van der Waals surface area (Å²) in [5, 5.41) is 7.31. The average Bonchev–Trinajstić information content (AvgIpc) is 3.08. The maximum absolute atomic E-state index is 13.5. The molecule has 2 aromatic carbocycles. The first-order chi connectivity index (χ1) is 15.8. The van der Waals surface area contributed by atoms with Gasteiger partial charge in [0.25, 0.3) is 15.9 Å². The Hall–Kier alpha value is -3.40. The van der Waals surface area contributed by atoms with Gasteiger partial charge in [0.1, 0.15) is 22.9 Å². The standard InChI is InChI=1S/C24H29FN4O4S/c1-15(24(2,3)4)26-23(30)22-21(20(27-29(22)5)16-7-9-17(25)10-8-16)28-34(31,32)19-13-11-18(33-6)12-14-19/h7-15,28H,1-6H3,(H,26,30). The topological polar surface area (TPSA) is 102 Å². The van der Waals surface area contributed by atoms with Crippen LogP contribution < -0.4 is 14.8 Å². The fraction of sp³-hybridized carbons (Fsp3) is 0.333. The van der Waals surface area contributed by atoms with Crippen molar-refractivity contribution in [2.75, 3.05) is 11.8 Å². The summed E-state index contributed by atoms with van der Waals surface area (Å²) in [5.74, 6) is -0.432. The number of carbonyl (C=O) groups excluding carboxylic acids is 1. The number of rotatable bonds is 7. The molecule has 0 saturated heterocycles. The first-order valence-corrected chi connectivity index (χ1v) is 12.1. The van der Waals surface area contributed by atoms with Crippen molar-refractivity contribution >= 4 is 21.6 Å². The number of hydrogen-bond donors (Lipinski definition) is 2. The highest BCUT2D eigenvalue weighted by atomic mass is 32.2. The van der Waals surface area contributed by atoms with E-state index >= 15 is 0 Å². The van der Waals surface area contributed by atoms with E-state index in [4.69, 9.17) is 4.74 Å². The van der Waals surface area contributed by atoms with Crippen molar-refractivity contribution in [1.29, 1.82) is 0 Å². The molecular weight excluding hydrogens is 459 g/mol. The zero-order valence-corrected chi connectivity index (χ0v) is 20.8. The fourth-order valence-electron chi connectivity index (χ4n) is 3.12. The number of hydrogen-bond acceptors (Lipinski definition) is 5. The van der Waals surface area contributed by atoms with E-state index in [9.17, 15) is 17.6 Å². The van der Waals surface area contributed by atoms with Crippen molar-refractivity contribution in [2.45, 2.75) is 38.6 Å². The molecule has 182 valence electrons.